The van der Waals surface area contributed by atoms with Gasteiger partial charge in [0.1, 0.15) is 18.2 Å². The van der Waals surface area contributed by atoms with Gasteiger partial charge in [0.05, 0.1) is 11.8 Å². The number of hydrogen-bond donors (Lipinski definition) is 2. The fourth-order valence-corrected chi connectivity index (χ4v) is 2.60. The maximum atomic E-state index is 13.6. The summed E-state index contributed by atoms with van der Waals surface area (Å²) >= 11 is 0. The molecule has 3 aromatic carbocycles. The summed E-state index contributed by atoms with van der Waals surface area (Å²) in [6.07, 6.45) is -3.32. The van der Waals surface area contributed by atoms with Crippen LogP contribution in [-0.2, 0) is 22.4 Å². The molecule has 0 atom stereocenters. The summed E-state index contributed by atoms with van der Waals surface area (Å²) in [5.74, 6) is -2.22. The van der Waals surface area contributed by atoms with Crippen molar-refractivity contribution >= 4 is 23.7 Å². The van der Waals surface area contributed by atoms with E-state index in [2.05, 4.69) is 10.4 Å². The van der Waals surface area contributed by atoms with E-state index in [4.69, 9.17) is 4.74 Å². The Labute approximate surface area is 185 Å². The number of hydrogen-bond acceptors (Lipinski definition) is 4. The Balaban J connectivity index is 1.49. The predicted molar refractivity (Wildman–Crippen MR) is 113 cm³/mol. The van der Waals surface area contributed by atoms with Crippen molar-refractivity contribution in [1.29, 1.82) is 0 Å². The van der Waals surface area contributed by atoms with Gasteiger partial charge in [-0.25, -0.2) is 9.82 Å². The number of hydrazone groups is 1. The van der Waals surface area contributed by atoms with Crippen LogP contribution in [0, 0.1) is 5.82 Å². The highest BCUT2D eigenvalue weighted by molar-refractivity contribution is 6.39. The Kier molecular flexibility index (Phi) is 7.39. The van der Waals surface area contributed by atoms with Crippen LogP contribution in [0.2, 0.25) is 0 Å². The number of alkyl halides is 3. The number of rotatable bonds is 6. The molecule has 3 rings (SSSR count). The van der Waals surface area contributed by atoms with Gasteiger partial charge in [-0.05, 0) is 54.1 Å². The van der Waals surface area contributed by atoms with Crippen LogP contribution in [0.1, 0.15) is 16.7 Å². The van der Waals surface area contributed by atoms with Gasteiger partial charge in [0, 0.05) is 11.3 Å². The minimum absolute atomic E-state index is 0.0527. The van der Waals surface area contributed by atoms with Crippen LogP contribution in [0.5, 0.6) is 5.75 Å². The normalized spacial score (nSPS) is 11.3. The van der Waals surface area contributed by atoms with E-state index < -0.39 is 23.6 Å². The fourth-order valence-electron chi connectivity index (χ4n) is 2.60. The van der Waals surface area contributed by atoms with Crippen LogP contribution in [0.25, 0.3) is 0 Å². The zero-order valence-corrected chi connectivity index (χ0v) is 16.9. The van der Waals surface area contributed by atoms with Gasteiger partial charge in [0.15, 0.2) is 0 Å². The van der Waals surface area contributed by atoms with Gasteiger partial charge in [-0.15, -0.1) is 0 Å². The Hall–Kier alpha value is -4.21. The maximum absolute atomic E-state index is 13.6. The first-order valence-electron chi connectivity index (χ1n) is 9.50. The highest BCUT2D eigenvalue weighted by Gasteiger charge is 2.30. The SMILES string of the molecule is O=C(NN=Cc1ccc(OCc2ccccc2F)cc1)C(=O)Nc1cccc(C(F)(F)F)c1. The van der Waals surface area contributed by atoms with Gasteiger partial charge in [0.2, 0.25) is 0 Å². The maximum Gasteiger partial charge on any atom is 0.416 e. The standard InChI is InChI=1S/C23H17F4N3O3/c24-20-7-2-1-4-16(20)14-33-19-10-8-15(9-11-19)13-28-30-22(32)21(31)29-18-6-3-5-17(12-18)23(25,26)27/h1-13H,14H2,(H,29,31)(H,30,32). The topological polar surface area (TPSA) is 79.8 Å². The van der Waals surface area contributed by atoms with E-state index >= 15 is 0 Å². The van der Waals surface area contributed by atoms with Crippen molar-refractivity contribution in [3.63, 3.8) is 0 Å². The monoisotopic (exact) mass is 459 g/mol. The van der Waals surface area contributed by atoms with Gasteiger partial charge < -0.3 is 10.1 Å². The first kappa shape index (κ1) is 23.5. The molecule has 0 aromatic heterocycles. The Morgan fingerprint density at radius 3 is 2.36 bits per heavy atom. The van der Waals surface area contributed by atoms with Crippen molar-refractivity contribution in [3.05, 3.63) is 95.3 Å². The summed E-state index contributed by atoms with van der Waals surface area (Å²) in [6, 6.07) is 16.6. The van der Waals surface area contributed by atoms with E-state index in [1.807, 2.05) is 5.43 Å². The third kappa shape index (κ3) is 6.89. The highest BCUT2D eigenvalue weighted by Crippen LogP contribution is 2.30. The van der Waals surface area contributed by atoms with Gasteiger partial charge >= 0.3 is 18.0 Å². The van der Waals surface area contributed by atoms with Gasteiger partial charge in [-0.2, -0.15) is 18.3 Å². The molecule has 2 N–H and O–H groups in total. The molecule has 10 heteroatoms. The van der Waals surface area contributed by atoms with Crippen molar-refractivity contribution in [3.8, 4) is 5.75 Å². The van der Waals surface area contributed by atoms with Crippen LogP contribution in [-0.4, -0.2) is 18.0 Å². The second kappa shape index (κ2) is 10.4. The van der Waals surface area contributed by atoms with Crippen LogP contribution in [0.4, 0.5) is 23.2 Å². The largest absolute Gasteiger partial charge is 0.489 e. The molecule has 0 spiro atoms. The minimum Gasteiger partial charge on any atom is -0.489 e. The van der Waals surface area contributed by atoms with Crippen molar-refractivity contribution in [2.75, 3.05) is 5.32 Å². The van der Waals surface area contributed by atoms with Crippen molar-refractivity contribution in [2.24, 2.45) is 5.10 Å². The molecule has 0 saturated heterocycles. The average molecular weight is 459 g/mol. The van der Waals surface area contributed by atoms with Crippen molar-refractivity contribution in [2.45, 2.75) is 12.8 Å². The summed E-state index contributed by atoms with van der Waals surface area (Å²) in [4.78, 5) is 23.7. The molecule has 6 nitrogen and oxygen atoms in total. The molecule has 0 aliphatic heterocycles. The molecule has 0 unspecified atom stereocenters. The molecule has 170 valence electrons. The lowest BCUT2D eigenvalue weighted by atomic mass is 10.2. The lowest BCUT2D eigenvalue weighted by Crippen LogP contribution is -2.32. The summed E-state index contributed by atoms with van der Waals surface area (Å²) in [7, 11) is 0. The van der Waals surface area contributed by atoms with E-state index in [1.54, 1.807) is 42.5 Å². The molecule has 0 bridgehead atoms. The molecular formula is C23H17F4N3O3. The number of halogens is 4. The summed E-state index contributed by atoms with van der Waals surface area (Å²) in [5, 5.41) is 5.71. The molecule has 0 saturated carbocycles. The quantitative estimate of drug-likeness (QED) is 0.246. The second-order valence-corrected chi connectivity index (χ2v) is 6.68. The third-order valence-corrected chi connectivity index (χ3v) is 4.27. The molecule has 0 aliphatic rings. The van der Waals surface area contributed by atoms with E-state index in [0.29, 0.717) is 22.9 Å². The van der Waals surface area contributed by atoms with E-state index in [1.165, 1.54) is 18.3 Å². The highest BCUT2D eigenvalue weighted by atomic mass is 19.4. The fraction of sp³-hybridized carbons (Fsp3) is 0.0870. The smallest absolute Gasteiger partial charge is 0.416 e. The number of carbonyl (C=O) groups is 2. The van der Waals surface area contributed by atoms with Crippen LogP contribution < -0.4 is 15.5 Å². The number of amides is 2. The number of nitrogens with one attached hydrogen (secondary N) is 2. The van der Waals surface area contributed by atoms with Gasteiger partial charge in [0.25, 0.3) is 0 Å². The lowest BCUT2D eigenvalue weighted by molar-refractivity contribution is -0.137. The molecule has 0 radical (unpaired) electrons. The number of ether oxygens (including phenoxy) is 1. The number of benzene rings is 3. The minimum atomic E-state index is -4.58. The first-order valence-corrected chi connectivity index (χ1v) is 9.50. The Bertz CT molecular complexity index is 1160. The van der Waals surface area contributed by atoms with Crippen LogP contribution >= 0.6 is 0 Å². The van der Waals surface area contributed by atoms with E-state index in [9.17, 15) is 27.2 Å². The van der Waals surface area contributed by atoms with Gasteiger partial charge in [-0.1, -0.05) is 24.3 Å². The molecular weight excluding hydrogens is 442 g/mol. The van der Waals surface area contributed by atoms with E-state index in [0.717, 1.165) is 12.1 Å². The zero-order valence-electron chi connectivity index (χ0n) is 16.9. The molecule has 0 fully saturated rings. The zero-order chi connectivity index (χ0) is 23.8. The lowest BCUT2D eigenvalue weighted by Gasteiger charge is -2.09. The third-order valence-electron chi connectivity index (χ3n) is 4.27. The number of carbonyl (C=O) groups excluding carboxylic acids is 2. The van der Waals surface area contributed by atoms with E-state index in [-0.39, 0.29) is 18.1 Å². The average Bonchev–Trinajstić information content (AvgIpc) is 2.79. The number of nitrogens with zero attached hydrogens (tertiary/aromatic N) is 1. The molecule has 0 aliphatic carbocycles. The molecule has 33 heavy (non-hydrogen) atoms. The predicted octanol–water partition coefficient (Wildman–Crippen LogP) is 4.51. The van der Waals surface area contributed by atoms with Crippen molar-refractivity contribution in [1.82, 2.24) is 5.43 Å². The first-order chi connectivity index (χ1) is 15.7. The summed E-state index contributed by atoms with van der Waals surface area (Å²) < 4.78 is 57.3. The van der Waals surface area contributed by atoms with Crippen LogP contribution in [0.15, 0.2) is 77.9 Å². The van der Waals surface area contributed by atoms with Crippen LogP contribution in [0.3, 0.4) is 0 Å². The van der Waals surface area contributed by atoms with Gasteiger partial charge in [-0.3, -0.25) is 9.59 Å². The molecule has 2 amide bonds. The summed E-state index contributed by atoms with van der Waals surface area (Å²) in [6.45, 7) is 0.0527. The number of anilines is 1. The Morgan fingerprint density at radius 2 is 1.67 bits per heavy atom. The molecule has 0 heterocycles. The summed E-state index contributed by atoms with van der Waals surface area (Å²) in [5.41, 5.74) is 1.82. The molecule has 3 aromatic rings. The Morgan fingerprint density at radius 1 is 0.939 bits per heavy atom. The second-order valence-electron chi connectivity index (χ2n) is 6.68. The van der Waals surface area contributed by atoms with Crippen molar-refractivity contribution < 1.29 is 31.9 Å².